The van der Waals surface area contributed by atoms with E-state index in [9.17, 15) is 14.7 Å². The fourth-order valence-corrected chi connectivity index (χ4v) is 2.39. The average molecular weight is 369 g/mol. The number of anilines is 1. The molecule has 2 aromatic rings. The Balaban J connectivity index is 1.87. The van der Waals surface area contributed by atoms with E-state index in [4.69, 9.17) is 4.74 Å². The second-order valence-corrected chi connectivity index (χ2v) is 5.69. The largest absolute Gasteiger partial charge is 0.504 e. The normalized spacial score (nSPS) is 10.6. The van der Waals surface area contributed by atoms with E-state index >= 15 is 0 Å². The number of nitrogens with one attached hydrogen (secondary N) is 2. The fraction of sp³-hybridized carbons (Fsp3) is 0.250. The van der Waals surface area contributed by atoms with Gasteiger partial charge in [0.1, 0.15) is 6.42 Å². The summed E-state index contributed by atoms with van der Waals surface area (Å²) >= 11 is 0. The number of hydrogen-bond acceptors (Lipinski definition) is 5. The smallest absolute Gasteiger partial charge is 0.249 e. The van der Waals surface area contributed by atoms with Gasteiger partial charge < -0.3 is 15.2 Å². The van der Waals surface area contributed by atoms with E-state index in [0.29, 0.717) is 23.6 Å². The van der Waals surface area contributed by atoms with Crippen molar-refractivity contribution in [2.45, 2.75) is 26.7 Å². The Morgan fingerprint density at radius 2 is 1.93 bits per heavy atom. The van der Waals surface area contributed by atoms with Gasteiger partial charge in [-0.2, -0.15) is 5.10 Å². The van der Waals surface area contributed by atoms with Crippen LogP contribution in [0.15, 0.2) is 47.6 Å². The molecule has 2 aromatic carbocycles. The summed E-state index contributed by atoms with van der Waals surface area (Å²) in [5.74, 6) is -0.572. The van der Waals surface area contributed by atoms with E-state index < -0.39 is 11.8 Å². The van der Waals surface area contributed by atoms with Crippen LogP contribution >= 0.6 is 0 Å². The lowest BCUT2D eigenvalue weighted by Crippen LogP contribution is -2.25. The Kier molecular flexibility index (Phi) is 7.37. The Labute approximate surface area is 158 Å². The van der Waals surface area contributed by atoms with Crippen LogP contribution in [0.2, 0.25) is 0 Å². The van der Waals surface area contributed by atoms with Crippen LogP contribution in [0.4, 0.5) is 5.69 Å². The van der Waals surface area contributed by atoms with Crippen molar-refractivity contribution in [3.63, 3.8) is 0 Å². The number of nitrogens with zero attached hydrogens (tertiary/aromatic N) is 1. The van der Waals surface area contributed by atoms with Crippen LogP contribution in [0.25, 0.3) is 0 Å². The number of amides is 2. The van der Waals surface area contributed by atoms with Gasteiger partial charge in [0.05, 0.1) is 12.8 Å². The minimum Gasteiger partial charge on any atom is -0.504 e. The molecule has 0 aliphatic heterocycles. The number of aromatic hydroxyl groups is 1. The molecule has 0 heterocycles. The third-order valence-electron chi connectivity index (χ3n) is 3.68. The maximum absolute atomic E-state index is 12.0. The molecule has 0 radical (unpaired) electrons. The fourth-order valence-electron chi connectivity index (χ4n) is 2.39. The lowest BCUT2D eigenvalue weighted by atomic mass is 10.1. The van der Waals surface area contributed by atoms with Crippen molar-refractivity contribution in [1.82, 2.24) is 5.43 Å². The standard InChI is InChI=1S/C20H23N3O4/c1-3-15-7-5-6-8-16(15)22-19(25)12-20(26)23-21-13-14-9-10-17(24)18(11-14)27-4-2/h5-11,13,24H,3-4,12H2,1-2H3,(H,22,25)(H,23,26). The summed E-state index contributed by atoms with van der Waals surface area (Å²) in [6.07, 6.45) is 1.85. The summed E-state index contributed by atoms with van der Waals surface area (Å²) in [5.41, 5.74) is 4.65. The molecule has 3 N–H and O–H groups in total. The SMILES string of the molecule is CCOc1cc(C=NNC(=O)CC(=O)Nc2ccccc2CC)ccc1O. The zero-order valence-corrected chi connectivity index (χ0v) is 15.4. The van der Waals surface area contributed by atoms with Gasteiger partial charge in [-0.15, -0.1) is 0 Å². The van der Waals surface area contributed by atoms with Gasteiger partial charge in [-0.05, 0) is 48.7 Å². The Morgan fingerprint density at radius 1 is 1.15 bits per heavy atom. The third kappa shape index (κ3) is 6.14. The van der Waals surface area contributed by atoms with Crippen molar-refractivity contribution in [2.24, 2.45) is 5.10 Å². The molecule has 0 spiro atoms. The molecule has 0 aliphatic rings. The molecule has 0 aromatic heterocycles. The number of carbonyl (C=O) groups is 2. The Hall–Kier alpha value is -3.35. The number of para-hydroxylation sites is 1. The summed E-state index contributed by atoms with van der Waals surface area (Å²) in [6, 6.07) is 12.2. The molecule has 142 valence electrons. The van der Waals surface area contributed by atoms with Gasteiger partial charge in [0.2, 0.25) is 11.8 Å². The highest BCUT2D eigenvalue weighted by molar-refractivity contribution is 6.04. The molecule has 27 heavy (non-hydrogen) atoms. The maximum atomic E-state index is 12.0. The van der Waals surface area contributed by atoms with Gasteiger partial charge in [-0.1, -0.05) is 25.1 Å². The second kappa shape index (κ2) is 9.96. The van der Waals surface area contributed by atoms with Crippen LogP contribution in [-0.2, 0) is 16.0 Å². The van der Waals surface area contributed by atoms with Gasteiger partial charge >= 0.3 is 0 Å². The highest BCUT2D eigenvalue weighted by atomic mass is 16.5. The maximum Gasteiger partial charge on any atom is 0.249 e. The Morgan fingerprint density at radius 3 is 2.67 bits per heavy atom. The van der Waals surface area contributed by atoms with Crippen LogP contribution < -0.4 is 15.5 Å². The van der Waals surface area contributed by atoms with Crippen molar-refractivity contribution >= 4 is 23.7 Å². The first-order valence-electron chi connectivity index (χ1n) is 8.69. The number of phenolic OH excluding ortho intramolecular Hbond substituents is 1. The molecule has 0 aliphatic carbocycles. The monoisotopic (exact) mass is 369 g/mol. The number of aryl methyl sites for hydroxylation is 1. The lowest BCUT2D eigenvalue weighted by Gasteiger charge is -2.09. The number of hydrogen-bond donors (Lipinski definition) is 3. The summed E-state index contributed by atoms with van der Waals surface area (Å²) in [4.78, 5) is 23.9. The van der Waals surface area contributed by atoms with Gasteiger partial charge in [0.25, 0.3) is 0 Å². The first-order valence-corrected chi connectivity index (χ1v) is 8.69. The Bertz CT molecular complexity index is 834. The topological polar surface area (TPSA) is 100 Å². The summed E-state index contributed by atoms with van der Waals surface area (Å²) < 4.78 is 5.28. The molecule has 0 saturated heterocycles. The number of phenols is 1. The number of ether oxygens (including phenoxy) is 1. The molecule has 7 nitrogen and oxygen atoms in total. The highest BCUT2D eigenvalue weighted by Gasteiger charge is 2.10. The summed E-state index contributed by atoms with van der Waals surface area (Å²) in [5, 5.41) is 16.2. The molecule has 0 bridgehead atoms. The van der Waals surface area contributed by atoms with Crippen LogP contribution in [0.3, 0.4) is 0 Å². The first-order chi connectivity index (χ1) is 13.0. The van der Waals surface area contributed by atoms with Gasteiger partial charge in [-0.25, -0.2) is 5.43 Å². The van der Waals surface area contributed by atoms with Crippen LogP contribution in [0.5, 0.6) is 11.5 Å². The van der Waals surface area contributed by atoms with E-state index in [0.717, 1.165) is 12.0 Å². The van der Waals surface area contributed by atoms with E-state index in [2.05, 4.69) is 15.8 Å². The van der Waals surface area contributed by atoms with Crippen molar-refractivity contribution < 1.29 is 19.4 Å². The van der Waals surface area contributed by atoms with Gasteiger partial charge in [-0.3, -0.25) is 9.59 Å². The average Bonchev–Trinajstić information content (AvgIpc) is 2.65. The molecule has 7 heteroatoms. The minimum atomic E-state index is -0.526. The summed E-state index contributed by atoms with van der Waals surface area (Å²) in [7, 11) is 0. The van der Waals surface area contributed by atoms with E-state index in [1.54, 1.807) is 18.2 Å². The predicted octanol–water partition coefficient (Wildman–Crippen LogP) is 2.83. The van der Waals surface area contributed by atoms with Crippen molar-refractivity contribution in [2.75, 3.05) is 11.9 Å². The quantitative estimate of drug-likeness (QED) is 0.378. The van der Waals surface area contributed by atoms with Gasteiger partial charge in [0.15, 0.2) is 11.5 Å². The molecule has 0 atom stereocenters. The van der Waals surface area contributed by atoms with E-state index in [1.165, 1.54) is 12.3 Å². The predicted molar refractivity (Wildman–Crippen MR) is 104 cm³/mol. The first kappa shape index (κ1) is 20.0. The third-order valence-corrected chi connectivity index (χ3v) is 3.68. The van der Waals surface area contributed by atoms with Crippen molar-refractivity contribution in [3.05, 3.63) is 53.6 Å². The lowest BCUT2D eigenvalue weighted by molar-refractivity contribution is -0.126. The molecule has 0 fully saturated rings. The number of carbonyl (C=O) groups excluding carboxylic acids is 2. The minimum absolute atomic E-state index is 0.0297. The number of rotatable bonds is 8. The zero-order chi connectivity index (χ0) is 19.6. The van der Waals surface area contributed by atoms with E-state index in [-0.39, 0.29) is 12.2 Å². The number of benzene rings is 2. The molecule has 0 unspecified atom stereocenters. The molecular formula is C20H23N3O4. The van der Waals surface area contributed by atoms with Gasteiger partial charge in [0, 0.05) is 5.69 Å². The van der Waals surface area contributed by atoms with Crippen LogP contribution in [0.1, 0.15) is 31.4 Å². The van der Waals surface area contributed by atoms with Crippen LogP contribution in [-0.4, -0.2) is 29.7 Å². The molecule has 0 saturated carbocycles. The second-order valence-electron chi connectivity index (χ2n) is 5.69. The molecular weight excluding hydrogens is 346 g/mol. The van der Waals surface area contributed by atoms with Crippen molar-refractivity contribution in [1.29, 1.82) is 0 Å². The number of hydrazone groups is 1. The molecule has 2 rings (SSSR count). The highest BCUT2D eigenvalue weighted by Crippen LogP contribution is 2.26. The van der Waals surface area contributed by atoms with Crippen molar-refractivity contribution in [3.8, 4) is 11.5 Å². The van der Waals surface area contributed by atoms with Crippen LogP contribution in [0, 0.1) is 0 Å². The summed E-state index contributed by atoms with van der Waals surface area (Å²) in [6.45, 7) is 4.22. The zero-order valence-electron chi connectivity index (χ0n) is 15.4. The molecule has 2 amide bonds. The van der Waals surface area contributed by atoms with E-state index in [1.807, 2.05) is 32.0 Å².